The zero-order valence-corrected chi connectivity index (χ0v) is 15.0. The molecule has 0 amide bonds. The van der Waals surface area contributed by atoms with Gasteiger partial charge in [0, 0.05) is 30.5 Å². The average molecular weight is 376 g/mol. The fourth-order valence-electron chi connectivity index (χ4n) is 2.90. The molecule has 1 aliphatic heterocycles. The van der Waals surface area contributed by atoms with Crippen molar-refractivity contribution in [3.8, 4) is 0 Å². The Bertz CT molecular complexity index is 804. The zero-order chi connectivity index (χ0) is 16.4. The van der Waals surface area contributed by atoms with E-state index in [9.17, 15) is 8.42 Å². The van der Waals surface area contributed by atoms with Gasteiger partial charge in [0.15, 0.2) is 0 Å². The molecular weight excluding hydrogens is 357 g/mol. The molecule has 0 aliphatic carbocycles. The molecule has 0 N–H and O–H groups in total. The van der Waals surface area contributed by atoms with Gasteiger partial charge in [-0.25, -0.2) is 13.4 Å². The molecule has 0 radical (unpaired) electrons. The van der Waals surface area contributed by atoms with Gasteiger partial charge in [-0.1, -0.05) is 24.4 Å². The molecule has 23 heavy (non-hydrogen) atoms. The van der Waals surface area contributed by atoms with Crippen LogP contribution < -0.4 is 0 Å². The van der Waals surface area contributed by atoms with Gasteiger partial charge in [-0.2, -0.15) is 4.31 Å². The van der Waals surface area contributed by atoms with Crippen molar-refractivity contribution >= 4 is 44.3 Å². The fourth-order valence-corrected chi connectivity index (χ4v) is 4.86. The third-order valence-electron chi connectivity index (χ3n) is 4.11. The summed E-state index contributed by atoms with van der Waals surface area (Å²) < 4.78 is 28.8. The summed E-state index contributed by atoms with van der Waals surface area (Å²) in [5.74, 6) is 0.661. The van der Waals surface area contributed by atoms with E-state index in [0.717, 1.165) is 31.2 Å². The number of unbranched alkanes of at least 4 members (excludes halogenated alkanes) is 3. The molecule has 126 valence electrons. The summed E-state index contributed by atoms with van der Waals surface area (Å²) in [5.41, 5.74) is 1.44. The maximum absolute atomic E-state index is 12.8. The molecular formula is C15H19Cl2N3O2S. The van der Waals surface area contributed by atoms with Crippen molar-refractivity contribution in [3.63, 3.8) is 0 Å². The third kappa shape index (κ3) is 3.36. The summed E-state index contributed by atoms with van der Waals surface area (Å²) in [6.45, 7) is 1.62. The molecule has 0 bridgehead atoms. The lowest BCUT2D eigenvalue weighted by atomic mass is 10.2. The van der Waals surface area contributed by atoms with Gasteiger partial charge >= 0.3 is 0 Å². The average Bonchev–Trinajstić information content (AvgIpc) is 2.88. The van der Waals surface area contributed by atoms with Crippen molar-refractivity contribution in [2.75, 3.05) is 19.0 Å². The van der Waals surface area contributed by atoms with Gasteiger partial charge in [0.1, 0.15) is 0 Å². The Morgan fingerprint density at radius 1 is 1.13 bits per heavy atom. The molecule has 8 heteroatoms. The summed E-state index contributed by atoms with van der Waals surface area (Å²) in [7, 11) is -3.53. The summed E-state index contributed by atoms with van der Waals surface area (Å²) in [4.78, 5) is 4.31. The first-order valence-corrected chi connectivity index (χ1v) is 10.1. The largest absolute Gasteiger partial charge is 0.312 e. The first kappa shape index (κ1) is 17.0. The molecule has 5 nitrogen and oxygen atoms in total. The first-order valence-electron chi connectivity index (χ1n) is 7.76. The molecule has 0 spiro atoms. The SMILES string of the molecule is O=S1(=O)c2nc3ccc(Cl)cc3n2CCN1CCCCCCCl. The Labute approximate surface area is 146 Å². The molecule has 0 saturated heterocycles. The van der Waals surface area contributed by atoms with Crippen LogP contribution in [0.15, 0.2) is 23.4 Å². The summed E-state index contributed by atoms with van der Waals surface area (Å²) in [6.07, 6.45) is 3.85. The van der Waals surface area contributed by atoms with Crippen LogP contribution >= 0.6 is 23.2 Å². The second kappa shape index (κ2) is 6.97. The maximum Gasteiger partial charge on any atom is 0.277 e. The smallest absolute Gasteiger partial charge is 0.277 e. The number of halogens is 2. The molecule has 1 aromatic heterocycles. The highest BCUT2D eigenvalue weighted by Gasteiger charge is 2.34. The van der Waals surface area contributed by atoms with Gasteiger partial charge in [-0.3, -0.25) is 0 Å². The number of benzene rings is 1. The molecule has 3 rings (SSSR count). The second-order valence-electron chi connectivity index (χ2n) is 5.69. The molecule has 0 atom stereocenters. The molecule has 0 fully saturated rings. The monoisotopic (exact) mass is 375 g/mol. The lowest BCUT2D eigenvalue weighted by molar-refractivity contribution is 0.348. The van der Waals surface area contributed by atoms with Gasteiger partial charge < -0.3 is 4.57 Å². The highest BCUT2D eigenvalue weighted by molar-refractivity contribution is 7.89. The van der Waals surface area contributed by atoms with E-state index in [0.29, 0.717) is 36.1 Å². The van der Waals surface area contributed by atoms with Crippen LogP contribution in [0.2, 0.25) is 5.02 Å². The molecule has 2 heterocycles. The minimum atomic E-state index is -3.53. The Balaban J connectivity index is 1.81. The van der Waals surface area contributed by atoms with Crippen molar-refractivity contribution in [3.05, 3.63) is 23.2 Å². The molecule has 1 aromatic carbocycles. The predicted octanol–water partition coefficient (Wildman–Crippen LogP) is 3.49. The highest BCUT2D eigenvalue weighted by atomic mass is 35.5. The Hall–Kier alpha value is -0.820. The van der Waals surface area contributed by atoms with Crippen LogP contribution in [0.25, 0.3) is 11.0 Å². The zero-order valence-electron chi connectivity index (χ0n) is 12.7. The number of fused-ring (bicyclic) bond motifs is 3. The normalized spacial score (nSPS) is 17.5. The van der Waals surface area contributed by atoms with Crippen LogP contribution in [0.1, 0.15) is 25.7 Å². The Morgan fingerprint density at radius 2 is 1.91 bits per heavy atom. The van der Waals surface area contributed by atoms with Crippen molar-refractivity contribution in [2.24, 2.45) is 0 Å². The summed E-state index contributed by atoms with van der Waals surface area (Å²) in [6, 6.07) is 5.25. The Morgan fingerprint density at radius 3 is 2.70 bits per heavy atom. The lowest BCUT2D eigenvalue weighted by Crippen LogP contribution is -2.40. The number of imidazole rings is 1. The van der Waals surface area contributed by atoms with Crippen molar-refractivity contribution in [1.82, 2.24) is 13.9 Å². The topological polar surface area (TPSA) is 55.2 Å². The molecule has 1 aliphatic rings. The van der Waals surface area contributed by atoms with E-state index in [1.165, 1.54) is 4.31 Å². The van der Waals surface area contributed by atoms with E-state index in [2.05, 4.69) is 4.98 Å². The number of rotatable bonds is 6. The van der Waals surface area contributed by atoms with Gasteiger partial charge in [0.05, 0.1) is 11.0 Å². The van der Waals surface area contributed by atoms with Crippen molar-refractivity contribution in [1.29, 1.82) is 0 Å². The van der Waals surface area contributed by atoms with Crippen LogP contribution in [0.5, 0.6) is 0 Å². The van der Waals surface area contributed by atoms with E-state index < -0.39 is 10.0 Å². The molecule has 0 unspecified atom stereocenters. The van der Waals surface area contributed by atoms with E-state index in [-0.39, 0.29) is 5.16 Å². The van der Waals surface area contributed by atoms with Crippen LogP contribution in [0, 0.1) is 0 Å². The maximum atomic E-state index is 12.8. The Kier molecular flexibility index (Phi) is 5.16. The fraction of sp³-hybridized carbons (Fsp3) is 0.533. The predicted molar refractivity (Wildman–Crippen MR) is 92.7 cm³/mol. The second-order valence-corrected chi connectivity index (χ2v) is 8.33. The van der Waals surface area contributed by atoms with E-state index in [4.69, 9.17) is 23.2 Å². The van der Waals surface area contributed by atoms with Crippen LogP contribution in [0.3, 0.4) is 0 Å². The number of alkyl halides is 1. The van der Waals surface area contributed by atoms with Crippen LogP contribution in [-0.4, -0.2) is 41.2 Å². The van der Waals surface area contributed by atoms with E-state index in [1.807, 2.05) is 0 Å². The minimum absolute atomic E-state index is 0.127. The minimum Gasteiger partial charge on any atom is -0.312 e. The van der Waals surface area contributed by atoms with Gasteiger partial charge in [0.2, 0.25) is 5.16 Å². The number of nitrogens with zero attached hydrogens (tertiary/aromatic N) is 3. The number of sulfonamides is 1. The third-order valence-corrected chi connectivity index (χ3v) is 6.43. The summed E-state index contributed by atoms with van der Waals surface area (Å²) >= 11 is 11.7. The molecule has 0 saturated carbocycles. The van der Waals surface area contributed by atoms with Crippen molar-refractivity contribution in [2.45, 2.75) is 37.4 Å². The van der Waals surface area contributed by atoms with Crippen molar-refractivity contribution < 1.29 is 8.42 Å². The standard InChI is InChI=1S/C15H19Cl2N3O2S/c16-7-3-1-2-4-8-19-9-10-20-14-11-12(17)5-6-13(14)18-15(20)23(19,21)22/h5-6,11H,1-4,7-10H2. The quantitative estimate of drug-likeness (QED) is 0.573. The van der Waals surface area contributed by atoms with Gasteiger partial charge in [0.25, 0.3) is 10.0 Å². The van der Waals surface area contributed by atoms with Crippen LogP contribution in [-0.2, 0) is 16.6 Å². The highest BCUT2D eigenvalue weighted by Crippen LogP contribution is 2.28. The van der Waals surface area contributed by atoms with E-state index >= 15 is 0 Å². The number of aromatic nitrogens is 2. The van der Waals surface area contributed by atoms with Gasteiger partial charge in [-0.05, 0) is 31.0 Å². The number of hydrogen-bond donors (Lipinski definition) is 0. The number of hydrogen-bond acceptors (Lipinski definition) is 3. The van der Waals surface area contributed by atoms with E-state index in [1.54, 1.807) is 22.8 Å². The molecule has 2 aromatic rings. The first-order chi connectivity index (χ1) is 11.0. The lowest BCUT2D eigenvalue weighted by Gasteiger charge is -2.27. The van der Waals surface area contributed by atoms with Gasteiger partial charge in [-0.15, -0.1) is 11.6 Å². The van der Waals surface area contributed by atoms with Crippen LogP contribution in [0.4, 0.5) is 0 Å². The summed E-state index contributed by atoms with van der Waals surface area (Å²) in [5, 5.41) is 0.709.